The van der Waals surface area contributed by atoms with E-state index in [4.69, 9.17) is 9.05 Å². The van der Waals surface area contributed by atoms with Crippen LogP contribution in [-0.2, 0) is 22.1 Å². The van der Waals surface area contributed by atoms with E-state index in [0.29, 0.717) is 17.9 Å². The number of fused-ring (bicyclic) bond motifs is 2. The second-order valence-electron chi connectivity index (χ2n) is 6.85. The number of benzene rings is 2. The fourth-order valence-electron chi connectivity index (χ4n) is 3.87. The van der Waals surface area contributed by atoms with Gasteiger partial charge in [-0.25, -0.2) is 4.57 Å². The summed E-state index contributed by atoms with van der Waals surface area (Å²) in [6.07, 6.45) is 0.0875. The van der Waals surface area contributed by atoms with Crippen LogP contribution in [0.15, 0.2) is 48.5 Å². The molecule has 4 rings (SSSR count). The molecule has 2 aliphatic rings. The van der Waals surface area contributed by atoms with Gasteiger partial charge in [0.1, 0.15) is 11.4 Å². The predicted molar refractivity (Wildman–Crippen MR) is 100 cm³/mol. The zero-order valence-electron chi connectivity index (χ0n) is 14.9. The highest BCUT2D eigenvalue weighted by Crippen LogP contribution is 2.61. The number of aliphatic hydroxyl groups is 1. The van der Waals surface area contributed by atoms with Crippen molar-refractivity contribution in [2.24, 2.45) is 0 Å². The minimum atomic E-state index is -3.45. The number of rotatable bonds is 4. The third-order valence-corrected chi connectivity index (χ3v) is 7.53. The fraction of sp³-hybridized carbons (Fsp3) is 0.400. The third kappa shape index (κ3) is 3.21. The molecule has 2 aromatic rings. The first-order valence-electron chi connectivity index (χ1n) is 9.10. The van der Waals surface area contributed by atoms with Crippen molar-refractivity contribution in [1.82, 2.24) is 4.90 Å². The average Bonchev–Trinajstić information content (AvgIpc) is 2.65. The van der Waals surface area contributed by atoms with E-state index in [1.165, 1.54) is 11.1 Å². The van der Waals surface area contributed by atoms with Crippen molar-refractivity contribution in [3.05, 3.63) is 65.2 Å². The van der Waals surface area contributed by atoms with E-state index in [2.05, 4.69) is 23.1 Å². The molecule has 0 amide bonds. The van der Waals surface area contributed by atoms with Gasteiger partial charge in [0.05, 0.1) is 12.7 Å². The van der Waals surface area contributed by atoms with E-state index < -0.39 is 19.4 Å². The van der Waals surface area contributed by atoms with Gasteiger partial charge in [-0.3, -0.25) is 9.42 Å². The molecule has 0 aliphatic carbocycles. The maximum absolute atomic E-state index is 13.4. The number of aliphatic hydroxyl groups excluding tert-OH is 1. The Morgan fingerprint density at radius 3 is 2.73 bits per heavy atom. The average molecular weight is 373 g/mol. The normalized spacial score (nSPS) is 28.1. The summed E-state index contributed by atoms with van der Waals surface area (Å²) in [7, 11) is -3.45. The van der Waals surface area contributed by atoms with Gasteiger partial charge in [0.15, 0.2) is 0 Å². The summed E-state index contributed by atoms with van der Waals surface area (Å²) in [5, 5.41) is 11.0. The van der Waals surface area contributed by atoms with Crippen molar-refractivity contribution >= 4 is 7.60 Å². The molecule has 0 saturated carbocycles. The highest BCUT2D eigenvalue weighted by atomic mass is 31.2. The molecular formula is C20H24NO4P. The largest absolute Gasteiger partial charge is 0.424 e. The first kappa shape index (κ1) is 17.7. The quantitative estimate of drug-likeness (QED) is 0.827. The van der Waals surface area contributed by atoms with Crippen LogP contribution in [0.3, 0.4) is 0 Å². The first-order chi connectivity index (χ1) is 12.6. The first-order valence-corrected chi connectivity index (χ1v) is 10.7. The van der Waals surface area contributed by atoms with Crippen molar-refractivity contribution in [3.63, 3.8) is 0 Å². The van der Waals surface area contributed by atoms with Crippen LogP contribution in [0.25, 0.3) is 0 Å². The van der Waals surface area contributed by atoms with Crippen LogP contribution in [0.5, 0.6) is 5.75 Å². The lowest BCUT2D eigenvalue weighted by molar-refractivity contribution is 0.112. The molecule has 1 N–H and O–H groups in total. The minimum absolute atomic E-state index is 0.283. The molecule has 0 saturated heterocycles. The number of para-hydroxylation sites is 1. The van der Waals surface area contributed by atoms with Crippen molar-refractivity contribution in [3.8, 4) is 5.75 Å². The lowest BCUT2D eigenvalue weighted by Crippen LogP contribution is -2.41. The van der Waals surface area contributed by atoms with Gasteiger partial charge in [0, 0.05) is 25.2 Å². The molecule has 2 aliphatic heterocycles. The number of nitrogens with zero attached hydrogens (tertiary/aromatic N) is 1. The van der Waals surface area contributed by atoms with E-state index in [1.54, 1.807) is 13.0 Å². The highest BCUT2D eigenvalue weighted by molar-refractivity contribution is 7.55. The second kappa shape index (κ2) is 7.16. The Balaban J connectivity index is 1.60. The molecule has 26 heavy (non-hydrogen) atoms. The van der Waals surface area contributed by atoms with E-state index in [0.717, 1.165) is 19.5 Å². The van der Waals surface area contributed by atoms with E-state index >= 15 is 0 Å². The molecule has 2 aromatic carbocycles. The Morgan fingerprint density at radius 2 is 1.92 bits per heavy atom. The summed E-state index contributed by atoms with van der Waals surface area (Å²) in [6.45, 7) is 4.21. The predicted octanol–water partition coefficient (Wildman–Crippen LogP) is 3.77. The molecular weight excluding hydrogens is 349 g/mol. The summed E-state index contributed by atoms with van der Waals surface area (Å²) in [4.78, 5) is 2.24. The van der Waals surface area contributed by atoms with E-state index in [9.17, 15) is 9.67 Å². The Labute approximate surface area is 154 Å². The monoisotopic (exact) mass is 373 g/mol. The zero-order chi connectivity index (χ0) is 18.1. The van der Waals surface area contributed by atoms with Crippen molar-refractivity contribution in [2.45, 2.75) is 31.7 Å². The number of hydrogen-bond donors (Lipinski definition) is 1. The minimum Gasteiger partial charge on any atom is -0.424 e. The Hall–Kier alpha value is -1.65. The maximum Gasteiger partial charge on any atom is 0.386 e. The zero-order valence-corrected chi connectivity index (χ0v) is 15.8. The lowest BCUT2D eigenvalue weighted by Gasteiger charge is -2.39. The van der Waals surface area contributed by atoms with Gasteiger partial charge in [-0.15, -0.1) is 0 Å². The Bertz CT molecular complexity index is 840. The fourth-order valence-corrected chi connectivity index (χ4v) is 5.99. The summed E-state index contributed by atoms with van der Waals surface area (Å²) < 4.78 is 24.8. The van der Waals surface area contributed by atoms with Gasteiger partial charge in [0.2, 0.25) is 0 Å². The summed E-state index contributed by atoms with van der Waals surface area (Å²) in [5.41, 5.74) is 2.74. The lowest BCUT2D eigenvalue weighted by atomic mass is 9.99. The molecule has 0 fully saturated rings. The van der Waals surface area contributed by atoms with Crippen LogP contribution >= 0.6 is 7.60 Å². The third-order valence-electron chi connectivity index (χ3n) is 5.20. The van der Waals surface area contributed by atoms with Crippen LogP contribution in [-0.4, -0.2) is 35.4 Å². The van der Waals surface area contributed by atoms with Crippen LogP contribution < -0.4 is 4.52 Å². The summed E-state index contributed by atoms with van der Waals surface area (Å²) >= 11 is 0. The molecule has 0 radical (unpaired) electrons. The van der Waals surface area contributed by atoms with Crippen LogP contribution in [0.4, 0.5) is 0 Å². The smallest absolute Gasteiger partial charge is 0.386 e. The van der Waals surface area contributed by atoms with Crippen LogP contribution in [0.2, 0.25) is 0 Å². The molecule has 3 atom stereocenters. The summed E-state index contributed by atoms with van der Waals surface area (Å²) in [6, 6.07) is 15.6. The molecule has 0 bridgehead atoms. The van der Waals surface area contributed by atoms with E-state index in [1.807, 2.05) is 24.3 Å². The standard InChI is InChI=1S/C20H24NO4P/c1-2-24-26(23)19(20(22)17-9-5-6-10-18(17)25-26)14-21-12-11-15-7-3-4-8-16(15)13-21/h3-10,19-20,22H,2,11-14H2,1H3/t19?,20-,26-/m0/s1. The van der Waals surface area contributed by atoms with Gasteiger partial charge in [-0.2, -0.15) is 0 Å². The molecule has 1 unspecified atom stereocenters. The van der Waals surface area contributed by atoms with Crippen molar-refractivity contribution in [2.75, 3.05) is 19.7 Å². The van der Waals surface area contributed by atoms with Crippen LogP contribution in [0, 0.1) is 0 Å². The van der Waals surface area contributed by atoms with Gasteiger partial charge in [-0.1, -0.05) is 42.5 Å². The Morgan fingerprint density at radius 1 is 1.19 bits per heavy atom. The van der Waals surface area contributed by atoms with Crippen molar-refractivity contribution in [1.29, 1.82) is 0 Å². The topological polar surface area (TPSA) is 59.0 Å². The van der Waals surface area contributed by atoms with Crippen molar-refractivity contribution < 1.29 is 18.7 Å². The molecule has 138 valence electrons. The molecule has 5 nitrogen and oxygen atoms in total. The maximum atomic E-state index is 13.4. The molecule has 0 spiro atoms. The van der Waals surface area contributed by atoms with Gasteiger partial charge >= 0.3 is 7.60 Å². The van der Waals surface area contributed by atoms with Gasteiger partial charge in [0.25, 0.3) is 0 Å². The highest BCUT2D eigenvalue weighted by Gasteiger charge is 2.48. The molecule has 0 aromatic heterocycles. The molecule has 6 heteroatoms. The van der Waals surface area contributed by atoms with E-state index in [-0.39, 0.29) is 6.61 Å². The van der Waals surface area contributed by atoms with Gasteiger partial charge < -0.3 is 9.63 Å². The second-order valence-corrected chi connectivity index (χ2v) is 9.04. The molecule has 2 heterocycles. The summed E-state index contributed by atoms with van der Waals surface area (Å²) in [5.74, 6) is 0.456. The van der Waals surface area contributed by atoms with Crippen LogP contribution in [0.1, 0.15) is 29.7 Å². The number of hydrogen-bond acceptors (Lipinski definition) is 5. The SMILES string of the molecule is CCO[P@]1(=O)Oc2ccccc2[C@H](O)C1CN1CCc2ccccc2C1. The Kier molecular flexibility index (Phi) is 4.89. The van der Waals surface area contributed by atoms with Gasteiger partial charge in [-0.05, 0) is 30.5 Å².